The van der Waals surface area contributed by atoms with Crippen LogP contribution in [-0.4, -0.2) is 81.2 Å². The molecule has 2 aromatic carbocycles. The monoisotopic (exact) mass is 584 g/mol. The molecule has 0 bridgehead atoms. The Morgan fingerprint density at radius 3 is 2.56 bits per heavy atom. The highest BCUT2D eigenvalue weighted by atomic mass is 19.4. The molecule has 1 atom stereocenters. The number of aliphatic carboxylic acids is 1. The highest BCUT2D eigenvalue weighted by Gasteiger charge is 2.38. The van der Waals surface area contributed by atoms with Crippen molar-refractivity contribution < 1.29 is 46.5 Å². The number of hydrogen-bond donors (Lipinski definition) is 3. The largest absolute Gasteiger partial charge is 0.496 e. The number of piperidine rings is 1. The van der Waals surface area contributed by atoms with Crippen molar-refractivity contribution in [1.82, 2.24) is 19.4 Å². The van der Waals surface area contributed by atoms with E-state index in [1.165, 1.54) is 12.1 Å². The molecule has 3 heterocycles. The molecule has 41 heavy (non-hydrogen) atoms. The van der Waals surface area contributed by atoms with Crippen molar-refractivity contribution >= 4 is 28.1 Å². The predicted molar refractivity (Wildman–Crippen MR) is 138 cm³/mol. The van der Waals surface area contributed by atoms with E-state index in [1.54, 1.807) is 36.8 Å². The highest BCUT2D eigenvalue weighted by molar-refractivity contribution is 5.81. The van der Waals surface area contributed by atoms with E-state index in [2.05, 4.69) is 14.9 Å². The summed E-state index contributed by atoms with van der Waals surface area (Å²) >= 11 is 0. The number of aliphatic hydroxyl groups is 1. The fourth-order valence-corrected chi connectivity index (χ4v) is 4.68. The predicted octanol–water partition coefficient (Wildman–Crippen LogP) is 3.64. The summed E-state index contributed by atoms with van der Waals surface area (Å²) in [5.74, 6) is -1.52. The minimum Gasteiger partial charge on any atom is -0.496 e. The number of nitrogens with one attached hydrogen (secondary N) is 1. The van der Waals surface area contributed by atoms with Gasteiger partial charge in [-0.1, -0.05) is 0 Å². The van der Waals surface area contributed by atoms with E-state index in [-0.39, 0.29) is 24.2 Å². The number of alkyl halides is 3. The van der Waals surface area contributed by atoms with Gasteiger partial charge >= 0.3 is 17.8 Å². The van der Waals surface area contributed by atoms with Crippen molar-refractivity contribution in [3.8, 4) is 11.5 Å². The van der Waals surface area contributed by atoms with Gasteiger partial charge in [0, 0.05) is 44.7 Å². The molecule has 1 fully saturated rings. The van der Waals surface area contributed by atoms with Gasteiger partial charge in [-0.3, -0.25) is 4.57 Å². The summed E-state index contributed by atoms with van der Waals surface area (Å²) in [5.41, 5.74) is 2.16. The number of benzene rings is 2. The molecule has 0 aliphatic carbocycles. The SMILES string of the molecule is COc1cc(OC[C@H](O)CN2CCC(n3c(=O)[nH]c4cc(F)ccc43)CC2)c2nc(C)oc2c1.O=C(O)C(F)(F)F. The molecule has 0 saturated carbocycles. The van der Waals surface area contributed by atoms with E-state index in [1.807, 2.05) is 0 Å². The Bertz CT molecular complexity index is 1570. The number of aliphatic hydroxyl groups excluding tert-OH is 1. The number of aryl methyl sites for hydroxylation is 1. The lowest BCUT2D eigenvalue weighted by Gasteiger charge is -2.33. The molecule has 1 saturated heterocycles. The first-order valence-corrected chi connectivity index (χ1v) is 12.5. The lowest BCUT2D eigenvalue weighted by Crippen LogP contribution is -2.42. The van der Waals surface area contributed by atoms with Gasteiger partial charge in [-0.2, -0.15) is 13.2 Å². The number of rotatable bonds is 7. The smallest absolute Gasteiger partial charge is 0.490 e. The van der Waals surface area contributed by atoms with Crippen molar-refractivity contribution in [3.05, 3.63) is 52.5 Å². The molecule has 2 aromatic heterocycles. The lowest BCUT2D eigenvalue weighted by atomic mass is 10.0. The normalized spacial score (nSPS) is 15.5. The Labute approximate surface area is 229 Å². The van der Waals surface area contributed by atoms with Crippen LogP contribution in [0.4, 0.5) is 17.6 Å². The van der Waals surface area contributed by atoms with Crippen LogP contribution in [0.3, 0.4) is 0 Å². The van der Waals surface area contributed by atoms with Crippen molar-refractivity contribution in [2.75, 3.05) is 33.4 Å². The zero-order valence-corrected chi connectivity index (χ0v) is 22.1. The number of hydrogen-bond acceptors (Lipinski definition) is 8. The molecule has 0 amide bonds. The second-order valence-electron chi connectivity index (χ2n) is 9.47. The summed E-state index contributed by atoms with van der Waals surface area (Å²) in [4.78, 5) is 30.6. The Hall–Kier alpha value is -4.11. The van der Waals surface area contributed by atoms with Crippen LogP contribution in [0, 0.1) is 12.7 Å². The zero-order valence-electron chi connectivity index (χ0n) is 22.1. The summed E-state index contributed by atoms with van der Waals surface area (Å²) in [6, 6.07) is 7.85. The Morgan fingerprint density at radius 1 is 1.24 bits per heavy atom. The van der Waals surface area contributed by atoms with Gasteiger partial charge in [-0.15, -0.1) is 0 Å². The van der Waals surface area contributed by atoms with Gasteiger partial charge in [-0.25, -0.2) is 19.0 Å². The van der Waals surface area contributed by atoms with Gasteiger partial charge in [0.1, 0.15) is 24.3 Å². The fraction of sp³-hybridized carbons (Fsp3) is 0.423. The van der Waals surface area contributed by atoms with Gasteiger partial charge in [0.05, 0.1) is 18.1 Å². The van der Waals surface area contributed by atoms with Gasteiger partial charge in [0.15, 0.2) is 22.7 Å². The maximum Gasteiger partial charge on any atom is 0.490 e. The summed E-state index contributed by atoms with van der Waals surface area (Å²) < 4.78 is 63.7. The Kier molecular flexibility index (Phi) is 8.87. The van der Waals surface area contributed by atoms with Crippen LogP contribution in [0.15, 0.2) is 39.5 Å². The van der Waals surface area contributed by atoms with Crippen LogP contribution in [-0.2, 0) is 4.79 Å². The molecule has 4 aromatic rings. The van der Waals surface area contributed by atoms with E-state index in [9.17, 15) is 27.5 Å². The second-order valence-corrected chi connectivity index (χ2v) is 9.47. The fourth-order valence-electron chi connectivity index (χ4n) is 4.68. The number of likely N-dealkylation sites (tertiary alicyclic amines) is 1. The number of aromatic nitrogens is 3. The lowest BCUT2D eigenvalue weighted by molar-refractivity contribution is -0.192. The average Bonchev–Trinajstić information content (AvgIpc) is 3.45. The van der Waals surface area contributed by atoms with Crippen molar-refractivity contribution in [1.29, 1.82) is 0 Å². The third kappa shape index (κ3) is 7.16. The number of carboxylic acid groups (broad SMARTS) is 1. The molecule has 11 nitrogen and oxygen atoms in total. The maximum absolute atomic E-state index is 13.5. The first kappa shape index (κ1) is 29.9. The van der Waals surface area contributed by atoms with Crippen LogP contribution < -0.4 is 15.2 Å². The van der Waals surface area contributed by atoms with Gasteiger partial charge in [0.2, 0.25) is 0 Å². The number of nitrogens with zero attached hydrogens (tertiary/aromatic N) is 3. The van der Waals surface area contributed by atoms with Crippen molar-refractivity contribution in [2.24, 2.45) is 0 Å². The molecule has 15 heteroatoms. The maximum atomic E-state index is 13.5. The van der Waals surface area contributed by atoms with E-state index < -0.39 is 18.2 Å². The number of β-amino-alcohol motifs (C(OH)–C–C–N with tert-alkyl or cyclic N) is 1. The average molecular weight is 585 g/mol. The molecule has 222 valence electrons. The Balaban J connectivity index is 0.000000493. The first-order chi connectivity index (χ1) is 19.3. The number of halogens is 4. The summed E-state index contributed by atoms with van der Waals surface area (Å²) in [6.45, 7) is 3.77. The molecule has 3 N–H and O–H groups in total. The first-order valence-electron chi connectivity index (χ1n) is 12.5. The minimum absolute atomic E-state index is 0.0248. The van der Waals surface area contributed by atoms with E-state index in [4.69, 9.17) is 23.8 Å². The number of ether oxygens (including phenoxy) is 2. The number of imidazole rings is 1. The number of carbonyl (C=O) groups is 1. The molecule has 1 aliphatic heterocycles. The standard InChI is InChI=1S/C24H27FN4O5.C2HF3O2/c1-14-26-23-21(10-18(32-2)11-22(23)34-14)33-13-17(30)12-28-7-5-16(6-8-28)29-20-4-3-15(25)9-19(20)27-24(29)31;3-2(4,5)1(6)7/h3-4,9-11,16-17,30H,5-8,12-13H2,1-2H3,(H,27,31);(H,6,7)/t17-;/m1./s1. The van der Waals surface area contributed by atoms with Crippen LogP contribution in [0.5, 0.6) is 11.5 Å². The molecule has 0 spiro atoms. The third-order valence-electron chi connectivity index (χ3n) is 6.52. The molecular weight excluding hydrogens is 556 g/mol. The van der Waals surface area contributed by atoms with Crippen LogP contribution >= 0.6 is 0 Å². The number of carboxylic acids is 1. The topological polar surface area (TPSA) is 143 Å². The molecule has 0 unspecified atom stereocenters. The summed E-state index contributed by atoms with van der Waals surface area (Å²) in [5, 5.41) is 17.7. The highest BCUT2D eigenvalue weighted by Crippen LogP contribution is 2.31. The second kappa shape index (κ2) is 12.2. The number of methoxy groups -OCH3 is 1. The van der Waals surface area contributed by atoms with Crippen LogP contribution in [0.2, 0.25) is 0 Å². The number of aromatic amines is 1. The van der Waals surface area contributed by atoms with E-state index in [0.29, 0.717) is 46.1 Å². The number of H-pyrrole nitrogens is 1. The number of oxazole rings is 1. The van der Waals surface area contributed by atoms with Gasteiger partial charge in [-0.05, 0) is 31.0 Å². The Morgan fingerprint density at radius 2 is 1.93 bits per heavy atom. The van der Waals surface area contributed by atoms with Gasteiger partial charge in [0.25, 0.3) is 0 Å². The molecular formula is C26H28F4N4O7. The van der Waals surface area contributed by atoms with Crippen molar-refractivity contribution in [2.45, 2.75) is 38.1 Å². The number of fused-ring (bicyclic) bond motifs is 2. The summed E-state index contributed by atoms with van der Waals surface area (Å²) in [6.07, 6.45) is -4.27. The van der Waals surface area contributed by atoms with E-state index in [0.717, 1.165) is 25.9 Å². The van der Waals surface area contributed by atoms with Crippen LogP contribution in [0.1, 0.15) is 24.8 Å². The van der Waals surface area contributed by atoms with E-state index >= 15 is 0 Å². The molecule has 0 radical (unpaired) electrons. The van der Waals surface area contributed by atoms with Crippen LogP contribution in [0.25, 0.3) is 22.1 Å². The van der Waals surface area contributed by atoms with Gasteiger partial charge < -0.3 is 34.0 Å². The molecule has 1 aliphatic rings. The third-order valence-corrected chi connectivity index (χ3v) is 6.52. The summed E-state index contributed by atoms with van der Waals surface area (Å²) in [7, 11) is 1.56. The molecule has 5 rings (SSSR count). The minimum atomic E-state index is -5.08. The quantitative estimate of drug-likeness (QED) is 0.278. The zero-order chi connectivity index (χ0) is 29.9. The van der Waals surface area contributed by atoms with Crippen molar-refractivity contribution in [3.63, 3.8) is 0 Å².